The van der Waals surface area contributed by atoms with E-state index in [4.69, 9.17) is 5.26 Å². The molecule has 3 nitrogen and oxygen atoms in total. The molecule has 1 aromatic heterocycles. The summed E-state index contributed by atoms with van der Waals surface area (Å²) in [6, 6.07) is 10.0. The lowest BCUT2D eigenvalue weighted by molar-refractivity contribution is 0.631. The lowest BCUT2D eigenvalue weighted by Crippen LogP contribution is -1.95. The molecule has 0 aliphatic rings. The van der Waals surface area contributed by atoms with Crippen molar-refractivity contribution in [3.63, 3.8) is 0 Å². The molecule has 0 aliphatic carbocycles. The van der Waals surface area contributed by atoms with Gasteiger partial charge in [0.2, 0.25) is 0 Å². The topological polar surface area (TPSA) is 48.7 Å². The van der Waals surface area contributed by atoms with Gasteiger partial charge in [-0.05, 0) is 36.8 Å². The van der Waals surface area contributed by atoms with Crippen molar-refractivity contribution in [1.82, 2.24) is 4.98 Å². The van der Waals surface area contributed by atoms with Gasteiger partial charge in [0.05, 0.1) is 5.69 Å². The molecule has 0 saturated heterocycles. The van der Waals surface area contributed by atoms with Crippen LogP contribution in [-0.2, 0) is 0 Å². The first-order chi connectivity index (χ1) is 8.19. The fourth-order valence-corrected chi connectivity index (χ4v) is 1.46. The number of pyridine rings is 1. The van der Waals surface area contributed by atoms with E-state index in [1.807, 2.05) is 13.0 Å². The molecule has 1 heterocycles. The van der Waals surface area contributed by atoms with Gasteiger partial charge in [-0.1, -0.05) is 6.07 Å². The third-order valence-electron chi connectivity index (χ3n) is 2.28. The van der Waals surface area contributed by atoms with Crippen molar-refractivity contribution in [2.75, 3.05) is 5.32 Å². The number of nitrogens with zero attached hydrogens (tertiary/aromatic N) is 2. The molecule has 1 N–H and O–H groups in total. The van der Waals surface area contributed by atoms with Gasteiger partial charge in [-0.2, -0.15) is 5.26 Å². The number of hydrogen-bond acceptors (Lipinski definition) is 3. The van der Waals surface area contributed by atoms with E-state index in [2.05, 4.69) is 10.3 Å². The number of nitrogens with one attached hydrogen (secondary N) is 1. The Hall–Kier alpha value is -2.41. The number of rotatable bonds is 2. The second-order valence-electron chi connectivity index (χ2n) is 3.65. The van der Waals surface area contributed by atoms with Crippen LogP contribution in [0.2, 0.25) is 0 Å². The van der Waals surface area contributed by atoms with Crippen molar-refractivity contribution in [2.24, 2.45) is 0 Å². The lowest BCUT2D eigenvalue weighted by Gasteiger charge is -2.08. The Balaban J connectivity index is 2.31. The Bertz CT molecular complexity index is 587. The molecule has 17 heavy (non-hydrogen) atoms. The summed E-state index contributed by atoms with van der Waals surface area (Å²) in [5, 5.41) is 11.6. The first kappa shape index (κ1) is 11.1. The third kappa shape index (κ3) is 2.58. The molecule has 4 heteroatoms. The van der Waals surface area contributed by atoms with Crippen molar-refractivity contribution < 1.29 is 4.39 Å². The van der Waals surface area contributed by atoms with Gasteiger partial charge in [-0.3, -0.25) is 0 Å². The highest BCUT2D eigenvalue weighted by molar-refractivity contribution is 5.61. The Morgan fingerprint density at radius 1 is 1.29 bits per heavy atom. The highest BCUT2D eigenvalue weighted by atomic mass is 19.1. The SMILES string of the molecule is Cc1ccc(F)c(Nc2ccnc(C#N)c2)c1. The zero-order chi connectivity index (χ0) is 12.3. The van der Waals surface area contributed by atoms with E-state index in [-0.39, 0.29) is 5.82 Å². The van der Waals surface area contributed by atoms with Crippen LogP contribution >= 0.6 is 0 Å². The van der Waals surface area contributed by atoms with Crippen LogP contribution in [0.5, 0.6) is 0 Å². The van der Waals surface area contributed by atoms with Crippen LogP contribution in [0, 0.1) is 24.1 Å². The van der Waals surface area contributed by atoms with E-state index in [0.717, 1.165) is 5.56 Å². The molecule has 0 saturated carbocycles. The molecule has 0 atom stereocenters. The van der Waals surface area contributed by atoms with E-state index in [9.17, 15) is 4.39 Å². The van der Waals surface area contributed by atoms with Gasteiger partial charge in [0.1, 0.15) is 17.6 Å². The number of benzene rings is 1. The van der Waals surface area contributed by atoms with Crippen molar-refractivity contribution in [2.45, 2.75) is 6.92 Å². The van der Waals surface area contributed by atoms with E-state index in [1.54, 1.807) is 24.3 Å². The molecule has 0 spiro atoms. The van der Waals surface area contributed by atoms with Crippen molar-refractivity contribution >= 4 is 11.4 Å². The fourth-order valence-electron chi connectivity index (χ4n) is 1.46. The molecular formula is C13H10FN3. The molecule has 2 aromatic rings. The second kappa shape index (κ2) is 4.62. The molecular weight excluding hydrogens is 217 g/mol. The Labute approximate surface area is 98.5 Å². The van der Waals surface area contributed by atoms with E-state index < -0.39 is 0 Å². The lowest BCUT2D eigenvalue weighted by atomic mass is 10.2. The first-order valence-electron chi connectivity index (χ1n) is 5.08. The van der Waals surface area contributed by atoms with Gasteiger partial charge in [0.15, 0.2) is 0 Å². The van der Waals surface area contributed by atoms with Gasteiger partial charge in [-0.15, -0.1) is 0 Å². The summed E-state index contributed by atoms with van der Waals surface area (Å²) in [7, 11) is 0. The summed E-state index contributed by atoms with van der Waals surface area (Å²) in [5.41, 5.74) is 2.28. The molecule has 0 unspecified atom stereocenters. The zero-order valence-electron chi connectivity index (χ0n) is 9.24. The van der Waals surface area contributed by atoms with Crippen LogP contribution in [0.4, 0.5) is 15.8 Å². The van der Waals surface area contributed by atoms with Crippen LogP contribution in [-0.4, -0.2) is 4.98 Å². The summed E-state index contributed by atoms with van der Waals surface area (Å²) in [6.45, 7) is 1.89. The number of halogens is 1. The number of aromatic nitrogens is 1. The number of hydrogen-bond donors (Lipinski definition) is 1. The Morgan fingerprint density at radius 2 is 2.12 bits per heavy atom. The monoisotopic (exact) mass is 227 g/mol. The summed E-state index contributed by atoms with van der Waals surface area (Å²) in [5.74, 6) is -0.328. The van der Waals surface area contributed by atoms with Crippen LogP contribution in [0.3, 0.4) is 0 Å². The number of anilines is 2. The van der Waals surface area contributed by atoms with Crippen molar-refractivity contribution in [3.8, 4) is 6.07 Å². The van der Waals surface area contributed by atoms with E-state index in [0.29, 0.717) is 17.1 Å². The Morgan fingerprint density at radius 3 is 2.88 bits per heavy atom. The fraction of sp³-hybridized carbons (Fsp3) is 0.0769. The smallest absolute Gasteiger partial charge is 0.146 e. The van der Waals surface area contributed by atoms with Crippen molar-refractivity contribution in [1.29, 1.82) is 5.26 Å². The number of nitriles is 1. The average molecular weight is 227 g/mol. The van der Waals surface area contributed by atoms with Crippen LogP contribution in [0.15, 0.2) is 36.5 Å². The summed E-state index contributed by atoms with van der Waals surface area (Å²) >= 11 is 0. The maximum absolute atomic E-state index is 13.5. The standard InChI is InChI=1S/C13H10FN3/c1-9-2-3-12(14)13(6-9)17-10-4-5-16-11(7-10)8-15/h2-7H,1H3,(H,16,17). The predicted molar refractivity (Wildman–Crippen MR) is 63.4 cm³/mol. The zero-order valence-corrected chi connectivity index (χ0v) is 9.24. The van der Waals surface area contributed by atoms with Gasteiger partial charge in [0.25, 0.3) is 0 Å². The largest absolute Gasteiger partial charge is 0.353 e. The maximum atomic E-state index is 13.5. The quantitative estimate of drug-likeness (QED) is 0.857. The van der Waals surface area contributed by atoms with Crippen LogP contribution < -0.4 is 5.32 Å². The molecule has 0 amide bonds. The summed E-state index contributed by atoms with van der Waals surface area (Å²) < 4.78 is 13.5. The minimum atomic E-state index is -0.328. The normalized spacial score (nSPS) is 9.71. The third-order valence-corrected chi connectivity index (χ3v) is 2.28. The molecule has 2 rings (SSSR count). The number of aryl methyl sites for hydroxylation is 1. The maximum Gasteiger partial charge on any atom is 0.146 e. The van der Waals surface area contributed by atoms with Gasteiger partial charge < -0.3 is 5.32 Å². The highest BCUT2D eigenvalue weighted by Gasteiger charge is 2.03. The highest BCUT2D eigenvalue weighted by Crippen LogP contribution is 2.21. The Kier molecular flexibility index (Phi) is 3.01. The van der Waals surface area contributed by atoms with E-state index in [1.165, 1.54) is 12.3 Å². The second-order valence-corrected chi connectivity index (χ2v) is 3.65. The predicted octanol–water partition coefficient (Wildman–Crippen LogP) is 3.14. The molecule has 0 radical (unpaired) electrons. The van der Waals surface area contributed by atoms with Gasteiger partial charge >= 0.3 is 0 Å². The van der Waals surface area contributed by atoms with Crippen molar-refractivity contribution in [3.05, 3.63) is 53.6 Å². The van der Waals surface area contributed by atoms with Gasteiger partial charge in [-0.25, -0.2) is 9.37 Å². The summed E-state index contributed by atoms with van der Waals surface area (Å²) in [6.07, 6.45) is 1.51. The van der Waals surface area contributed by atoms with E-state index >= 15 is 0 Å². The molecule has 0 bridgehead atoms. The minimum absolute atomic E-state index is 0.295. The summed E-state index contributed by atoms with van der Waals surface area (Å²) in [4.78, 5) is 3.84. The van der Waals surface area contributed by atoms with Crippen LogP contribution in [0.25, 0.3) is 0 Å². The molecule has 0 fully saturated rings. The first-order valence-corrected chi connectivity index (χ1v) is 5.08. The van der Waals surface area contributed by atoms with Crippen LogP contribution in [0.1, 0.15) is 11.3 Å². The molecule has 0 aliphatic heterocycles. The molecule has 1 aromatic carbocycles. The minimum Gasteiger partial charge on any atom is -0.353 e. The van der Waals surface area contributed by atoms with Gasteiger partial charge in [0, 0.05) is 11.9 Å². The average Bonchev–Trinajstić information content (AvgIpc) is 2.34. The molecule has 84 valence electrons.